The second-order valence-electron chi connectivity index (χ2n) is 6.14. The van der Waals surface area contributed by atoms with E-state index in [1.165, 1.54) is 4.90 Å². The van der Waals surface area contributed by atoms with E-state index in [1.54, 1.807) is 48.8 Å². The van der Waals surface area contributed by atoms with E-state index >= 15 is 0 Å². The maximum absolute atomic E-state index is 12.7. The lowest BCUT2D eigenvalue weighted by molar-refractivity contribution is -0.139. The van der Waals surface area contributed by atoms with Gasteiger partial charge in [0, 0.05) is 29.5 Å². The van der Waals surface area contributed by atoms with Crippen LogP contribution in [0.15, 0.2) is 54.4 Å². The van der Waals surface area contributed by atoms with Crippen molar-refractivity contribution in [3.8, 4) is 0 Å². The lowest BCUT2D eigenvalue weighted by Gasteiger charge is -2.25. The predicted octanol–water partition coefficient (Wildman–Crippen LogP) is 3.96. The molecule has 0 aliphatic carbocycles. The van der Waals surface area contributed by atoms with E-state index < -0.39 is 17.7 Å². The van der Waals surface area contributed by atoms with Crippen LogP contribution in [-0.4, -0.2) is 33.2 Å². The van der Waals surface area contributed by atoms with E-state index in [1.807, 2.05) is 6.92 Å². The molecule has 1 aromatic carbocycles. The summed E-state index contributed by atoms with van der Waals surface area (Å²) in [4.78, 5) is 30.8. The number of ketones is 1. The van der Waals surface area contributed by atoms with Crippen LogP contribution >= 0.6 is 11.6 Å². The average molecular weight is 371 g/mol. The fourth-order valence-electron chi connectivity index (χ4n) is 3.12. The lowest BCUT2D eigenvalue weighted by Crippen LogP contribution is -2.30. The molecule has 1 atom stereocenters. The molecule has 26 heavy (non-hydrogen) atoms. The van der Waals surface area contributed by atoms with Crippen molar-refractivity contribution in [3.05, 3.63) is 70.5 Å². The summed E-state index contributed by atoms with van der Waals surface area (Å²) in [6, 6.07) is 9.46. The second-order valence-corrected chi connectivity index (χ2v) is 6.57. The quantitative estimate of drug-likeness (QED) is 0.491. The SMILES string of the molecule is CCCCN1C(=O)C(=O)/C(=C(\O)c2cccc(Cl)c2)C1c1ccncc1. The summed E-state index contributed by atoms with van der Waals surface area (Å²) in [7, 11) is 0. The van der Waals surface area contributed by atoms with Gasteiger partial charge in [-0.25, -0.2) is 0 Å². The van der Waals surface area contributed by atoms with Gasteiger partial charge in [-0.15, -0.1) is 0 Å². The Morgan fingerprint density at radius 2 is 1.96 bits per heavy atom. The van der Waals surface area contributed by atoms with Crippen molar-refractivity contribution in [1.29, 1.82) is 0 Å². The zero-order valence-electron chi connectivity index (χ0n) is 14.4. The van der Waals surface area contributed by atoms with Crippen LogP contribution in [-0.2, 0) is 9.59 Å². The van der Waals surface area contributed by atoms with Crippen molar-refractivity contribution >= 4 is 29.1 Å². The lowest BCUT2D eigenvalue weighted by atomic mass is 9.96. The molecule has 3 rings (SSSR count). The fourth-order valence-corrected chi connectivity index (χ4v) is 3.31. The fraction of sp³-hybridized carbons (Fsp3) is 0.250. The number of aliphatic hydroxyl groups excluding tert-OH is 1. The van der Waals surface area contributed by atoms with Crippen LogP contribution in [0.25, 0.3) is 5.76 Å². The van der Waals surface area contributed by atoms with Gasteiger partial charge in [-0.2, -0.15) is 0 Å². The van der Waals surface area contributed by atoms with Gasteiger partial charge in [0.15, 0.2) is 0 Å². The molecule has 0 radical (unpaired) electrons. The Morgan fingerprint density at radius 1 is 1.23 bits per heavy atom. The molecule has 1 aliphatic heterocycles. The highest BCUT2D eigenvalue weighted by Crippen LogP contribution is 2.39. The van der Waals surface area contributed by atoms with Crippen molar-refractivity contribution < 1.29 is 14.7 Å². The van der Waals surface area contributed by atoms with Gasteiger partial charge in [-0.05, 0) is 36.2 Å². The van der Waals surface area contributed by atoms with Crippen LogP contribution in [0.3, 0.4) is 0 Å². The van der Waals surface area contributed by atoms with Gasteiger partial charge in [-0.1, -0.05) is 37.1 Å². The molecule has 1 fully saturated rings. The minimum absolute atomic E-state index is 0.0829. The highest BCUT2D eigenvalue weighted by atomic mass is 35.5. The molecule has 134 valence electrons. The maximum Gasteiger partial charge on any atom is 0.295 e. The van der Waals surface area contributed by atoms with Crippen LogP contribution in [0.4, 0.5) is 0 Å². The molecule has 2 aromatic rings. The first-order valence-corrected chi connectivity index (χ1v) is 8.86. The minimum atomic E-state index is -0.680. The number of likely N-dealkylation sites (tertiary alicyclic amines) is 1. The van der Waals surface area contributed by atoms with Crippen molar-refractivity contribution in [2.75, 3.05) is 6.54 Å². The molecular weight excluding hydrogens is 352 g/mol. The molecule has 1 amide bonds. The first-order chi connectivity index (χ1) is 12.5. The van der Waals surface area contributed by atoms with Gasteiger partial charge in [0.05, 0.1) is 11.6 Å². The molecule has 1 unspecified atom stereocenters. The number of halogens is 1. The number of benzene rings is 1. The van der Waals surface area contributed by atoms with Gasteiger partial charge >= 0.3 is 0 Å². The van der Waals surface area contributed by atoms with E-state index in [9.17, 15) is 14.7 Å². The van der Waals surface area contributed by atoms with E-state index in [2.05, 4.69) is 4.98 Å². The average Bonchev–Trinajstić information content (AvgIpc) is 2.91. The molecule has 1 N–H and O–H groups in total. The van der Waals surface area contributed by atoms with Gasteiger partial charge in [0.2, 0.25) is 0 Å². The monoisotopic (exact) mass is 370 g/mol. The van der Waals surface area contributed by atoms with Gasteiger partial charge in [0.1, 0.15) is 5.76 Å². The highest BCUT2D eigenvalue weighted by molar-refractivity contribution is 6.46. The number of amides is 1. The van der Waals surface area contributed by atoms with Crippen LogP contribution in [0.5, 0.6) is 0 Å². The van der Waals surface area contributed by atoms with Crippen LogP contribution in [0.2, 0.25) is 5.02 Å². The number of pyridine rings is 1. The Kier molecular flexibility index (Phi) is 5.38. The van der Waals surface area contributed by atoms with Crippen molar-refractivity contribution in [3.63, 3.8) is 0 Å². The molecule has 0 bridgehead atoms. The number of hydrogen-bond donors (Lipinski definition) is 1. The first kappa shape index (κ1) is 18.1. The van der Waals surface area contributed by atoms with Crippen molar-refractivity contribution in [2.24, 2.45) is 0 Å². The number of rotatable bonds is 5. The third-order valence-electron chi connectivity index (χ3n) is 4.41. The molecule has 5 nitrogen and oxygen atoms in total. The Labute approximate surface area is 156 Å². The molecule has 1 saturated heterocycles. The molecule has 1 aromatic heterocycles. The second kappa shape index (κ2) is 7.70. The Morgan fingerprint density at radius 3 is 2.62 bits per heavy atom. The van der Waals surface area contributed by atoms with Gasteiger partial charge in [0.25, 0.3) is 11.7 Å². The van der Waals surface area contributed by atoms with Gasteiger partial charge < -0.3 is 10.0 Å². The summed E-state index contributed by atoms with van der Waals surface area (Å²) in [6.07, 6.45) is 4.87. The first-order valence-electron chi connectivity index (χ1n) is 8.49. The number of nitrogens with zero attached hydrogens (tertiary/aromatic N) is 2. The minimum Gasteiger partial charge on any atom is -0.507 e. The third kappa shape index (κ3) is 3.35. The van der Waals surface area contributed by atoms with E-state index in [4.69, 9.17) is 11.6 Å². The number of aromatic nitrogens is 1. The molecule has 0 spiro atoms. The van der Waals surface area contributed by atoms with Crippen LogP contribution in [0, 0.1) is 0 Å². The molecule has 2 heterocycles. The Hall–Kier alpha value is -2.66. The maximum atomic E-state index is 12.7. The standard InChI is InChI=1S/C20H19ClN2O3/c1-2-3-11-23-17(13-7-9-22-10-8-13)16(19(25)20(23)26)18(24)14-5-4-6-15(21)12-14/h4-10,12,17,24H,2-3,11H2,1H3/b18-16-. The molecular formula is C20H19ClN2O3. The molecule has 1 aliphatic rings. The normalized spacial score (nSPS) is 19.2. The van der Waals surface area contributed by atoms with Crippen molar-refractivity contribution in [2.45, 2.75) is 25.8 Å². The largest absolute Gasteiger partial charge is 0.507 e. The topological polar surface area (TPSA) is 70.5 Å². The summed E-state index contributed by atoms with van der Waals surface area (Å²) < 4.78 is 0. The summed E-state index contributed by atoms with van der Waals surface area (Å²) >= 11 is 6.01. The van der Waals surface area contributed by atoms with E-state index in [0.717, 1.165) is 18.4 Å². The summed E-state index contributed by atoms with van der Waals surface area (Å²) in [5, 5.41) is 11.3. The Balaban J connectivity index is 2.16. The van der Waals surface area contributed by atoms with E-state index in [0.29, 0.717) is 17.1 Å². The zero-order chi connectivity index (χ0) is 18.7. The number of carbonyl (C=O) groups excluding carboxylic acids is 2. The van der Waals surface area contributed by atoms with Crippen LogP contribution < -0.4 is 0 Å². The number of carbonyl (C=O) groups is 2. The highest BCUT2D eigenvalue weighted by Gasteiger charge is 2.45. The zero-order valence-corrected chi connectivity index (χ0v) is 15.1. The van der Waals surface area contributed by atoms with Crippen molar-refractivity contribution in [1.82, 2.24) is 9.88 Å². The number of aliphatic hydroxyl groups is 1. The number of unbranched alkanes of at least 4 members (excludes halogenated alkanes) is 1. The summed E-state index contributed by atoms with van der Waals surface area (Å²) in [6.45, 7) is 2.46. The molecule has 6 heteroatoms. The smallest absolute Gasteiger partial charge is 0.295 e. The molecule has 0 saturated carbocycles. The van der Waals surface area contributed by atoms with Gasteiger partial charge in [-0.3, -0.25) is 14.6 Å². The predicted molar refractivity (Wildman–Crippen MR) is 99.6 cm³/mol. The number of Topliss-reactive ketones (excluding diaryl/α,β-unsaturated/α-hetero) is 1. The van der Waals surface area contributed by atoms with Crippen LogP contribution in [0.1, 0.15) is 36.9 Å². The number of hydrogen-bond acceptors (Lipinski definition) is 4. The Bertz CT molecular complexity index is 864. The third-order valence-corrected chi connectivity index (χ3v) is 4.65. The summed E-state index contributed by atoms with van der Waals surface area (Å²) in [5.41, 5.74) is 1.23. The summed E-state index contributed by atoms with van der Waals surface area (Å²) in [5.74, 6) is -1.49. The van der Waals surface area contributed by atoms with E-state index in [-0.39, 0.29) is 11.3 Å².